The summed E-state index contributed by atoms with van der Waals surface area (Å²) in [5.41, 5.74) is 1.20. The van der Waals surface area contributed by atoms with E-state index in [9.17, 15) is 0 Å². The standard InChI is InChI=1S/C16H20ClN3OS/c1-11(18-16-10-15(17)19-12(2)20-16)13-4-6-14(7-5-13)22-9-8-21-3/h4-7,10-11H,8-9H2,1-3H3,(H,18,19,20). The monoisotopic (exact) mass is 337 g/mol. The number of hydrogen-bond donors (Lipinski definition) is 1. The van der Waals surface area contributed by atoms with Crippen LogP contribution in [0.15, 0.2) is 35.2 Å². The van der Waals surface area contributed by atoms with E-state index < -0.39 is 0 Å². The molecule has 2 aromatic rings. The number of hydrogen-bond acceptors (Lipinski definition) is 5. The maximum atomic E-state index is 5.96. The molecule has 22 heavy (non-hydrogen) atoms. The number of anilines is 1. The Labute approximate surface area is 140 Å². The Balaban J connectivity index is 1.98. The summed E-state index contributed by atoms with van der Waals surface area (Å²) in [6, 6.07) is 10.4. The van der Waals surface area contributed by atoms with Crippen LogP contribution in [0.2, 0.25) is 5.15 Å². The van der Waals surface area contributed by atoms with E-state index in [4.69, 9.17) is 16.3 Å². The van der Waals surface area contributed by atoms with Gasteiger partial charge in [-0.25, -0.2) is 9.97 Å². The van der Waals surface area contributed by atoms with Gasteiger partial charge in [0.2, 0.25) is 0 Å². The molecule has 0 spiro atoms. The van der Waals surface area contributed by atoms with E-state index in [1.54, 1.807) is 24.9 Å². The van der Waals surface area contributed by atoms with Gasteiger partial charge in [0, 0.05) is 29.9 Å². The van der Waals surface area contributed by atoms with Crippen LogP contribution in [0.1, 0.15) is 24.4 Å². The average molecular weight is 338 g/mol. The fourth-order valence-electron chi connectivity index (χ4n) is 2.01. The van der Waals surface area contributed by atoms with Gasteiger partial charge in [-0.15, -0.1) is 11.8 Å². The van der Waals surface area contributed by atoms with Crippen LogP contribution in [0.3, 0.4) is 0 Å². The first kappa shape index (κ1) is 17.1. The molecule has 0 bridgehead atoms. The SMILES string of the molecule is COCCSc1ccc(C(C)Nc2cc(Cl)nc(C)n2)cc1. The van der Waals surface area contributed by atoms with Gasteiger partial charge < -0.3 is 10.1 Å². The van der Waals surface area contributed by atoms with Crippen LogP contribution in [-0.4, -0.2) is 29.4 Å². The van der Waals surface area contributed by atoms with Crippen molar-refractivity contribution in [2.75, 3.05) is 24.8 Å². The number of nitrogens with one attached hydrogen (secondary N) is 1. The van der Waals surface area contributed by atoms with Crippen LogP contribution >= 0.6 is 23.4 Å². The number of nitrogens with zero attached hydrogens (tertiary/aromatic N) is 2. The van der Waals surface area contributed by atoms with Gasteiger partial charge in [-0.3, -0.25) is 0 Å². The summed E-state index contributed by atoms with van der Waals surface area (Å²) in [4.78, 5) is 9.65. The molecular weight excluding hydrogens is 318 g/mol. The van der Waals surface area contributed by atoms with Crippen molar-refractivity contribution >= 4 is 29.2 Å². The highest BCUT2D eigenvalue weighted by atomic mass is 35.5. The molecule has 0 aliphatic heterocycles. The maximum absolute atomic E-state index is 5.96. The normalized spacial score (nSPS) is 12.2. The van der Waals surface area contributed by atoms with Gasteiger partial charge in [-0.1, -0.05) is 23.7 Å². The molecule has 4 nitrogen and oxygen atoms in total. The Morgan fingerprint density at radius 3 is 2.64 bits per heavy atom. The van der Waals surface area contributed by atoms with Crippen molar-refractivity contribution in [2.24, 2.45) is 0 Å². The molecule has 118 valence electrons. The topological polar surface area (TPSA) is 47.0 Å². The molecule has 0 saturated heterocycles. The second-order valence-electron chi connectivity index (χ2n) is 4.90. The molecule has 1 heterocycles. The van der Waals surface area contributed by atoms with Gasteiger partial charge in [-0.05, 0) is 31.5 Å². The fourth-order valence-corrected chi connectivity index (χ4v) is 3.05. The highest BCUT2D eigenvalue weighted by molar-refractivity contribution is 7.99. The molecule has 1 unspecified atom stereocenters. The van der Waals surface area contributed by atoms with Gasteiger partial charge in [0.25, 0.3) is 0 Å². The summed E-state index contributed by atoms with van der Waals surface area (Å²) < 4.78 is 5.06. The molecule has 0 radical (unpaired) electrons. The second-order valence-corrected chi connectivity index (χ2v) is 6.46. The number of halogens is 1. The molecule has 0 saturated carbocycles. The number of rotatable bonds is 7. The molecule has 1 aromatic carbocycles. The second kappa shape index (κ2) is 8.36. The Hall–Kier alpha value is -1.30. The smallest absolute Gasteiger partial charge is 0.134 e. The largest absolute Gasteiger partial charge is 0.384 e. The van der Waals surface area contributed by atoms with Crippen molar-refractivity contribution in [3.63, 3.8) is 0 Å². The van der Waals surface area contributed by atoms with Crippen LogP contribution in [-0.2, 0) is 4.74 Å². The number of aryl methyl sites for hydroxylation is 1. The lowest BCUT2D eigenvalue weighted by Gasteiger charge is -2.15. The first-order valence-corrected chi connectivity index (χ1v) is 8.44. The minimum Gasteiger partial charge on any atom is -0.384 e. The number of ether oxygens (including phenoxy) is 1. The van der Waals surface area contributed by atoms with Crippen LogP contribution < -0.4 is 5.32 Å². The van der Waals surface area contributed by atoms with E-state index in [1.807, 2.05) is 6.92 Å². The predicted molar refractivity (Wildman–Crippen MR) is 92.9 cm³/mol. The lowest BCUT2D eigenvalue weighted by Crippen LogP contribution is -2.08. The molecule has 6 heteroatoms. The minimum absolute atomic E-state index is 0.142. The third kappa shape index (κ3) is 5.16. The zero-order valence-corrected chi connectivity index (χ0v) is 14.5. The summed E-state index contributed by atoms with van der Waals surface area (Å²) in [5.74, 6) is 2.36. The summed E-state index contributed by atoms with van der Waals surface area (Å²) in [7, 11) is 1.72. The van der Waals surface area contributed by atoms with Crippen molar-refractivity contribution in [1.29, 1.82) is 0 Å². The zero-order valence-electron chi connectivity index (χ0n) is 13.0. The third-order valence-corrected chi connectivity index (χ3v) is 4.28. The van der Waals surface area contributed by atoms with E-state index in [2.05, 4.69) is 46.5 Å². The highest BCUT2D eigenvalue weighted by Gasteiger charge is 2.08. The van der Waals surface area contributed by atoms with Gasteiger partial charge in [0.05, 0.1) is 6.61 Å². The van der Waals surface area contributed by atoms with Crippen LogP contribution in [0, 0.1) is 6.92 Å². The van der Waals surface area contributed by atoms with E-state index in [-0.39, 0.29) is 6.04 Å². The number of benzene rings is 1. The predicted octanol–water partition coefficient (Wildman–Crippen LogP) is 4.35. The molecule has 0 aliphatic carbocycles. The average Bonchev–Trinajstić information content (AvgIpc) is 2.47. The highest BCUT2D eigenvalue weighted by Crippen LogP contribution is 2.23. The summed E-state index contributed by atoms with van der Waals surface area (Å²) in [6.45, 7) is 4.68. The molecule has 0 fully saturated rings. The molecular formula is C16H20ClN3OS. The summed E-state index contributed by atoms with van der Waals surface area (Å²) >= 11 is 7.75. The Morgan fingerprint density at radius 1 is 1.27 bits per heavy atom. The molecule has 1 N–H and O–H groups in total. The summed E-state index contributed by atoms with van der Waals surface area (Å²) in [5, 5.41) is 3.80. The van der Waals surface area contributed by atoms with E-state index in [1.165, 1.54) is 10.5 Å². The quantitative estimate of drug-likeness (QED) is 0.462. The van der Waals surface area contributed by atoms with Gasteiger partial charge in [0.1, 0.15) is 16.8 Å². The third-order valence-electron chi connectivity index (χ3n) is 3.11. The first-order chi connectivity index (χ1) is 10.6. The molecule has 2 rings (SSSR count). The molecule has 0 amide bonds. The van der Waals surface area contributed by atoms with Crippen LogP contribution in [0.5, 0.6) is 0 Å². The van der Waals surface area contributed by atoms with E-state index >= 15 is 0 Å². The van der Waals surface area contributed by atoms with Crippen molar-refractivity contribution in [3.8, 4) is 0 Å². The molecule has 1 aromatic heterocycles. The van der Waals surface area contributed by atoms with Gasteiger partial charge in [0.15, 0.2) is 0 Å². The van der Waals surface area contributed by atoms with Crippen molar-refractivity contribution < 1.29 is 4.74 Å². The Kier molecular flexibility index (Phi) is 6.49. The van der Waals surface area contributed by atoms with E-state index in [0.717, 1.165) is 18.2 Å². The number of aromatic nitrogens is 2. The maximum Gasteiger partial charge on any atom is 0.134 e. The minimum atomic E-state index is 0.142. The molecule has 1 atom stereocenters. The van der Waals surface area contributed by atoms with Gasteiger partial charge in [-0.2, -0.15) is 0 Å². The lowest BCUT2D eigenvalue weighted by atomic mass is 10.1. The van der Waals surface area contributed by atoms with E-state index in [0.29, 0.717) is 11.0 Å². The lowest BCUT2D eigenvalue weighted by molar-refractivity contribution is 0.218. The Morgan fingerprint density at radius 2 is 2.00 bits per heavy atom. The van der Waals surface area contributed by atoms with Crippen molar-refractivity contribution in [2.45, 2.75) is 24.8 Å². The zero-order chi connectivity index (χ0) is 15.9. The van der Waals surface area contributed by atoms with Crippen LogP contribution in [0.25, 0.3) is 0 Å². The number of thioether (sulfide) groups is 1. The summed E-state index contributed by atoms with van der Waals surface area (Å²) in [6.07, 6.45) is 0. The first-order valence-electron chi connectivity index (χ1n) is 7.08. The van der Waals surface area contributed by atoms with Crippen LogP contribution in [0.4, 0.5) is 5.82 Å². The Bertz CT molecular complexity index is 587. The number of methoxy groups -OCH3 is 1. The van der Waals surface area contributed by atoms with Crippen molar-refractivity contribution in [1.82, 2.24) is 9.97 Å². The van der Waals surface area contributed by atoms with Crippen molar-refractivity contribution in [3.05, 3.63) is 46.9 Å². The molecule has 0 aliphatic rings. The fraction of sp³-hybridized carbons (Fsp3) is 0.375. The van der Waals surface area contributed by atoms with Gasteiger partial charge >= 0.3 is 0 Å².